The van der Waals surface area contributed by atoms with Gasteiger partial charge in [0.2, 0.25) is 0 Å². The predicted molar refractivity (Wildman–Crippen MR) is 76.5 cm³/mol. The Morgan fingerprint density at radius 3 is 2.05 bits per heavy atom. The monoisotopic (exact) mass is 279 g/mol. The molecule has 0 atom stereocenters. The van der Waals surface area contributed by atoms with Crippen LogP contribution in [0.15, 0.2) is 18.2 Å². The lowest BCUT2D eigenvalue weighted by molar-refractivity contribution is 0.556. The number of rotatable bonds is 3. The van der Waals surface area contributed by atoms with E-state index in [-0.39, 0.29) is 23.2 Å². The number of hydrogen-bond donors (Lipinski definition) is 1. The first-order valence-electron chi connectivity index (χ1n) is 6.66. The Balaban J connectivity index is 2.73. The van der Waals surface area contributed by atoms with Crippen LogP contribution in [0.3, 0.4) is 0 Å². The molecule has 0 aliphatic carbocycles. The van der Waals surface area contributed by atoms with Gasteiger partial charge in [-0.1, -0.05) is 19.9 Å². The molecule has 0 saturated heterocycles. The summed E-state index contributed by atoms with van der Waals surface area (Å²) < 4.78 is 29.7. The van der Waals surface area contributed by atoms with Crippen LogP contribution in [0.4, 0.5) is 14.6 Å². The number of anilines is 1. The van der Waals surface area contributed by atoms with Crippen molar-refractivity contribution in [2.24, 2.45) is 0 Å². The number of hydrogen-bond acceptors (Lipinski definition) is 2. The molecule has 0 unspecified atom stereocenters. The number of imidazole rings is 1. The number of benzene rings is 1. The van der Waals surface area contributed by atoms with Gasteiger partial charge in [-0.2, -0.15) is 0 Å². The number of halogens is 2. The van der Waals surface area contributed by atoms with Crippen LogP contribution in [0.1, 0.15) is 45.5 Å². The first kappa shape index (κ1) is 14.5. The molecule has 0 spiro atoms. The number of nitrogen functional groups attached to an aromatic ring is 1. The third-order valence-electron chi connectivity index (χ3n) is 3.21. The van der Waals surface area contributed by atoms with E-state index >= 15 is 0 Å². The molecule has 0 bridgehead atoms. The van der Waals surface area contributed by atoms with Crippen LogP contribution in [-0.2, 0) is 0 Å². The fraction of sp³-hybridized carbons (Fsp3) is 0.400. The minimum Gasteiger partial charge on any atom is -0.383 e. The normalized spacial score (nSPS) is 11.6. The van der Waals surface area contributed by atoms with Crippen molar-refractivity contribution in [2.75, 3.05) is 5.73 Å². The van der Waals surface area contributed by atoms with Crippen molar-refractivity contribution in [3.05, 3.63) is 35.7 Å². The molecule has 1 aromatic carbocycles. The number of nitrogens with two attached hydrogens (primary N) is 1. The molecule has 0 aliphatic heterocycles. The molecule has 0 amide bonds. The molecular weight excluding hydrogens is 260 g/mol. The highest BCUT2D eigenvalue weighted by Gasteiger charge is 2.23. The van der Waals surface area contributed by atoms with E-state index in [0.717, 1.165) is 5.82 Å². The van der Waals surface area contributed by atoms with E-state index in [2.05, 4.69) is 4.98 Å². The minimum atomic E-state index is -0.652. The van der Waals surface area contributed by atoms with Crippen LogP contribution >= 0.6 is 0 Å². The second-order valence-electron chi connectivity index (χ2n) is 5.42. The topological polar surface area (TPSA) is 43.8 Å². The van der Waals surface area contributed by atoms with Crippen molar-refractivity contribution < 1.29 is 8.78 Å². The van der Waals surface area contributed by atoms with E-state index < -0.39 is 11.6 Å². The summed E-state index contributed by atoms with van der Waals surface area (Å²) in [5, 5.41) is 0. The van der Waals surface area contributed by atoms with Gasteiger partial charge in [0.15, 0.2) is 0 Å². The van der Waals surface area contributed by atoms with Crippen LogP contribution in [0.25, 0.3) is 11.3 Å². The maximum Gasteiger partial charge on any atom is 0.135 e. The Kier molecular flexibility index (Phi) is 3.79. The molecule has 5 heteroatoms. The average molecular weight is 279 g/mol. The smallest absolute Gasteiger partial charge is 0.135 e. The molecule has 0 saturated carbocycles. The van der Waals surface area contributed by atoms with Crippen molar-refractivity contribution in [2.45, 2.75) is 39.7 Å². The molecule has 1 heterocycles. The highest BCUT2D eigenvalue weighted by Crippen LogP contribution is 2.34. The number of nitrogens with zero attached hydrogens (tertiary/aromatic N) is 2. The summed E-state index contributed by atoms with van der Waals surface area (Å²) in [5.74, 6) is -0.160. The Morgan fingerprint density at radius 2 is 1.65 bits per heavy atom. The van der Waals surface area contributed by atoms with Crippen LogP contribution in [0, 0.1) is 11.6 Å². The van der Waals surface area contributed by atoms with E-state index in [4.69, 9.17) is 5.73 Å². The lowest BCUT2D eigenvalue weighted by atomic mass is 10.1. The maximum atomic E-state index is 13.9. The lowest BCUT2D eigenvalue weighted by Gasteiger charge is -2.15. The van der Waals surface area contributed by atoms with Gasteiger partial charge >= 0.3 is 0 Å². The molecule has 2 aromatic rings. The van der Waals surface area contributed by atoms with E-state index in [1.165, 1.54) is 18.2 Å². The molecule has 1 aromatic heterocycles. The Labute approximate surface area is 117 Å². The fourth-order valence-electron chi connectivity index (χ4n) is 2.32. The van der Waals surface area contributed by atoms with E-state index in [9.17, 15) is 8.78 Å². The van der Waals surface area contributed by atoms with E-state index in [0.29, 0.717) is 5.82 Å². The van der Waals surface area contributed by atoms with Gasteiger partial charge in [-0.25, -0.2) is 13.8 Å². The van der Waals surface area contributed by atoms with Gasteiger partial charge in [0.05, 0.1) is 5.56 Å². The largest absolute Gasteiger partial charge is 0.383 e. The SMILES string of the molecule is CC(C)c1nc(-c2c(F)cccc2F)c(N)n1C(C)C. The molecule has 3 nitrogen and oxygen atoms in total. The van der Waals surface area contributed by atoms with Crippen molar-refractivity contribution in [3.8, 4) is 11.3 Å². The Hall–Kier alpha value is -1.91. The molecular formula is C15H19F2N3. The van der Waals surface area contributed by atoms with Crippen LogP contribution in [0.5, 0.6) is 0 Å². The highest BCUT2D eigenvalue weighted by atomic mass is 19.1. The average Bonchev–Trinajstić information content (AvgIpc) is 2.67. The van der Waals surface area contributed by atoms with Crippen molar-refractivity contribution in [1.82, 2.24) is 9.55 Å². The summed E-state index contributed by atoms with van der Waals surface area (Å²) in [6.45, 7) is 7.88. The third kappa shape index (κ3) is 2.28. The second-order valence-corrected chi connectivity index (χ2v) is 5.42. The summed E-state index contributed by atoms with van der Waals surface area (Å²) >= 11 is 0. The van der Waals surface area contributed by atoms with Gasteiger partial charge in [-0.15, -0.1) is 0 Å². The molecule has 2 rings (SSSR count). The van der Waals surface area contributed by atoms with Gasteiger partial charge in [-0.3, -0.25) is 0 Å². The Bertz CT molecular complexity index is 610. The van der Waals surface area contributed by atoms with Crippen molar-refractivity contribution >= 4 is 5.82 Å². The first-order valence-corrected chi connectivity index (χ1v) is 6.66. The molecule has 0 aliphatic rings. The lowest BCUT2D eigenvalue weighted by Crippen LogP contribution is -2.10. The van der Waals surface area contributed by atoms with Crippen LogP contribution in [-0.4, -0.2) is 9.55 Å². The van der Waals surface area contributed by atoms with Gasteiger partial charge in [0, 0.05) is 12.0 Å². The highest BCUT2D eigenvalue weighted by molar-refractivity contribution is 5.72. The zero-order valence-electron chi connectivity index (χ0n) is 12.1. The molecule has 2 N–H and O–H groups in total. The van der Waals surface area contributed by atoms with Crippen LogP contribution in [0.2, 0.25) is 0 Å². The van der Waals surface area contributed by atoms with Gasteiger partial charge in [-0.05, 0) is 26.0 Å². The zero-order valence-corrected chi connectivity index (χ0v) is 12.1. The summed E-state index contributed by atoms with van der Waals surface area (Å²) in [6, 6.07) is 3.82. The Morgan fingerprint density at radius 1 is 1.10 bits per heavy atom. The molecule has 108 valence electrons. The van der Waals surface area contributed by atoms with Crippen LogP contribution < -0.4 is 5.73 Å². The maximum absolute atomic E-state index is 13.9. The summed E-state index contributed by atoms with van der Waals surface area (Å²) in [7, 11) is 0. The molecule has 0 fully saturated rings. The minimum absolute atomic E-state index is 0.0727. The van der Waals surface area contributed by atoms with E-state index in [1.54, 1.807) is 0 Å². The fourth-order valence-corrected chi connectivity index (χ4v) is 2.32. The summed E-state index contributed by atoms with van der Waals surface area (Å²) in [5.41, 5.74) is 6.10. The quantitative estimate of drug-likeness (QED) is 0.918. The van der Waals surface area contributed by atoms with E-state index in [1.807, 2.05) is 32.3 Å². The first-order chi connectivity index (χ1) is 9.34. The van der Waals surface area contributed by atoms with Gasteiger partial charge in [0.25, 0.3) is 0 Å². The van der Waals surface area contributed by atoms with Gasteiger partial charge in [0.1, 0.15) is 29.0 Å². The van der Waals surface area contributed by atoms with Crippen molar-refractivity contribution in [1.29, 1.82) is 0 Å². The predicted octanol–water partition coefficient (Wildman–Crippen LogP) is 4.11. The van der Waals surface area contributed by atoms with Crippen molar-refractivity contribution in [3.63, 3.8) is 0 Å². The third-order valence-corrected chi connectivity index (χ3v) is 3.21. The number of aromatic nitrogens is 2. The second kappa shape index (κ2) is 5.23. The summed E-state index contributed by atoms with van der Waals surface area (Å²) in [4.78, 5) is 4.38. The molecule has 20 heavy (non-hydrogen) atoms. The zero-order chi connectivity index (χ0) is 15.0. The summed E-state index contributed by atoms with van der Waals surface area (Å²) in [6.07, 6.45) is 0. The molecule has 0 radical (unpaired) electrons. The standard InChI is InChI=1S/C15H19F2N3/c1-8(2)15-19-13(14(18)20(15)9(3)4)12-10(16)6-5-7-11(12)17/h5-9H,18H2,1-4H3. The van der Waals surface area contributed by atoms with Gasteiger partial charge < -0.3 is 10.3 Å².